The van der Waals surface area contributed by atoms with Crippen LogP contribution in [0.4, 0.5) is 0 Å². The van der Waals surface area contributed by atoms with Gasteiger partial charge in [0.25, 0.3) is 0 Å². The molecule has 0 spiro atoms. The van der Waals surface area contributed by atoms with Crippen LogP contribution in [0.2, 0.25) is 0 Å². The Balaban J connectivity index is 4.65. The molecular formula is C11H17NO5S. The molecule has 0 saturated carbocycles. The van der Waals surface area contributed by atoms with Gasteiger partial charge in [-0.1, -0.05) is 6.92 Å². The molecule has 0 aromatic carbocycles. The van der Waals surface area contributed by atoms with Crippen molar-refractivity contribution in [3.63, 3.8) is 0 Å². The molecule has 0 aliphatic heterocycles. The molecule has 1 unspecified atom stereocenters. The van der Waals surface area contributed by atoms with E-state index in [0.717, 1.165) is 12.2 Å². The lowest BCUT2D eigenvalue weighted by molar-refractivity contribution is -0.147. The van der Waals surface area contributed by atoms with Crippen LogP contribution in [0, 0.1) is 0 Å². The number of carboxylic acids is 2. The third-order valence-corrected chi connectivity index (χ3v) is 3.38. The van der Waals surface area contributed by atoms with Crippen molar-refractivity contribution in [3.8, 4) is 0 Å². The van der Waals surface area contributed by atoms with E-state index < -0.39 is 23.3 Å². The van der Waals surface area contributed by atoms with Crippen LogP contribution in [0.5, 0.6) is 0 Å². The van der Waals surface area contributed by atoms with Gasteiger partial charge in [0.2, 0.25) is 0 Å². The summed E-state index contributed by atoms with van der Waals surface area (Å²) in [7, 11) is 0. The van der Waals surface area contributed by atoms with Gasteiger partial charge in [-0.15, -0.1) is 0 Å². The number of carboxylic acid groups (broad SMARTS) is 2. The number of rotatable bonds is 9. The first kappa shape index (κ1) is 16.7. The highest BCUT2D eigenvalue weighted by atomic mass is 32.2. The number of ketones is 1. The summed E-state index contributed by atoms with van der Waals surface area (Å²) < 4.78 is 0. The fourth-order valence-corrected chi connectivity index (χ4v) is 2.07. The summed E-state index contributed by atoms with van der Waals surface area (Å²) in [6.07, 6.45) is 2.20. The predicted octanol–water partition coefficient (Wildman–Crippen LogP) is 0.512. The minimum atomic E-state index is -2.05. The molecule has 1 atom stereocenters. The minimum Gasteiger partial charge on any atom is -0.480 e. The fraction of sp³-hybridized carbons (Fsp3) is 0.545. The number of carbonyl (C=O) groups is 3. The molecular weight excluding hydrogens is 258 g/mol. The van der Waals surface area contributed by atoms with E-state index >= 15 is 0 Å². The van der Waals surface area contributed by atoms with Crippen molar-refractivity contribution in [1.29, 1.82) is 0 Å². The molecule has 0 aromatic heterocycles. The van der Waals surface area contributed by atoms with Crippen LogP contribution in [-0.2, 0) is 14.4 Å². The molecule has 0 aliphatic rings. The molecule has 6 nitrogen and oxygen atoms in total. The number of hydrogen-bond acceptors (Lipinski definition) is 5. The van der Waals surface area contributed by atoms with Crippen LogP contribution in [0.15, 0.2) is 12.2 Å². The van der Waals surface area contributed by atoms with Crippen molar-refractivity contribution in [1.82, 2.24) is 0 Å². The van der Waals surface area contributed by atoms with Gasteiger partial charge in [0.15, 0.2) is 11.3 Å². The Hall–Kier alpha value is -1.34. The van der Waals surface area contributed by atoms with E-state index in [0.29, 0.717) is 17.9 Å². The number of aliphatic carboxylic acids is 2. The topological polar surface area (TPSA) is 118 Å². The smallest absolute Gasteiger partial charge is 0.331 e. The lowest BCUT2D eigenvalue weighted by Crippen LogP contribution is -2.54. The van der Waals surface area contributed by atoms with Gasteiger partial charge in [-0.3, -0.25) is 4.79 Å². The average molecular weight is 275 g/mol. The molecule has 0 heterocycles. The number of nitrogens with two attached hydrogens (primary N) is 1. The van der Waals surface area contributed by atoms with Crippen LogP contribution in [0.1, 0.15) is 19.8 Å². The zero-order valence-corrected chi connectivity index (χ0v) is 10.9. The largest absolute Gasteiger partial charge is 0.480 e. The van der Waals surface area contributed by atoms with Gasteiger partial charge in [0.1, 0.15) is 0 Å². The van der Waals surface area contributed by atoms with Crippen LogP contribution in [-0.4, -0.2) is 45.0 Å². The summed E-state index contributed by atoms with van der Waals surface area (Å²) >= 11 is 1.50. The van der Waals surface area contributed by atoms with E-state index in [1.165, 1.54) is 11.8 Å². The highest BCUT2D eigenvalue weighted by Gasteiger charge is 2.40. The molecule has 0 saturated heterocycles. The molecule has 0 radical (unpaired) electrons. The van der Waals surface area contributed by atoms with Crippen molar-refractivity contribution in [3.05, 3.63) is 12.2 Å². The third-order valence-electron chi connectivity index (χ3n) is 2.19. The Morgan fingerprint density at radius 1 is 1.22 bits per heavy atom. The molecule has 0 fully saturated rings. The van der Waals surface area contributed by atoms with Crippen molar-refractivity contribution in [2.24, 2.45) is 5.73 Å². The maximum absolute atomic E-state index is 11.6. The molecule has 0 rings (SSSR count). The molecule has 102 valence electrons. The van der Waals surface area contributed by atoms with E-state index in [1.807, 2.05) is 6.92 Å². The summed E-state index contributed by atoms with van der Waals surface area (Å²) in [6.45, 7) is 1.99. The molecule has 18 heavy (non-hydrogen) atoms. The van der Waals surface area contributed by atoms with Gasteiger partial charge in [-0.2, -0.15) is 11.8 Å². The van der Waals surface area contributed by atoms with E-state index in [4.69, 9.17) is 15.9 Å². The Labute approximate surface area is 109 Å². The molecule has 0 aliphatic carbocycles. The van der Waals surface area contributed by atoms with Gasteiger partial charge in [0.05, 0.1) is 0 Å². The zero-order valence-electron chi connectivity index (χ0n) is 10.1. The predicted molar refractivity (Wildman–Crippen MR) is 68.6 cm³/mol. The monoisotopic (exact) mass is 275 g/mol. The van der Waals surface area contributed by atoms with Crippen LogP contribution in [0.25, 0.3) is 0 Å². The molecule has 4 N–H and O–H groups in total. The summed E-state index contributed by atoms with van der Waals surface area (Å²) in [5.74, 6) is -2.39. The van der Waals surface area contributed by atoms with Gasteiger partial charge in [-0.25, -0.2) is 9.59 Å². The fourth-order valence-electron chi connectivity index (χ4n) is 1.11. The standard InChI is InChI=1S/C11H17NO5S/c1-2-6-18-7-5-11(12,10(16)17)8(13)3-4-9(14)15/h3-4H,2,5-7,12H2,1H3,(H,14,15)(H,16,17). The van der Waals surface area contributed by atoms with E-state index in [-0.39, 0.29) is 6.42 Å². The summed E-state index contributed by atoms with van der Waals surface area (Å²) in [5, 5.41) is 17.4. The zero-order chi connectivity index (χ0) is 14.2. The SMILES string of the molecule is CCCSCCC(N)(C(=O)O)C(=O)C=CC(=O)O. The molecule has 0 bridgehead atoms. The first-order valence-electron chi connectivity index (χ1n) is 5.40. The second-order valence-corrected chi connectivity index (χ2v) is 4.90. The van der Waals surface area contributed by atoms with Crippen molar-refractivity contribution < 1.29 is 24.6 Å². The maximum atomic E-state index is 11.6. The lowest BCUT2D eigenvalue weighted by atomic mass is 9.92. The minimum absolute atomic E-state index is 0.0320. The highest BCUT2D eigenvalue weighted by Crippen LogP contribution is 2.15. The number of carbonyl (C=O) groups excluding carboxylic acids is 1. The molecule has 7 heteroatoms. The third kappa shape index (κ3) is 5.33. The second kappa shape index (κ2) is 7.88. The van der Waals surface area contributed by atoms with Crippen molar-refractivity contribution in [2.75, 3.05) is 11.5 Å². The van der Waals surface area contributed by atoms with E-state index in [1.54, 1.807) is 0 Å². The normalized spacial score (nSPS) is 14.3. The summed E-state index contributed by atoms with van der Waals surface area (Å²) in [4.78, 5) is 32.9. The van der Waals surface area contributed by atoms with Gasteiger partial charge in [0, 0.05) is 6.08 Å². The van der Waals surface area contributed by atoms with Gasteiger partial charge >= 0.3 is 11.9 Å². The molecule has 0 aromatic rings. The molecule has 0 amide bonds. The Morgan fingerprint density at radius 2 is 1.83 bits per heavy atom. The van der Waals surface area contributed by atoms with Gasteiger partial charge in [-0.05, 0) is 30.4 Å². The highest BCUT2D eigenvalue weighted by molar-refractivity contribution is 7.99. The van der Waals surface area contributed by atoms with Crippen molar-refractivity contribution >= 4 is 29.5 Å². The number of thioether (sulfide) groups is 1. The Kier molecular flexibility index (Phi) is 7.30. The second-order valence-electron chi connectivity index (χ2n) is 3.67. The van der Waals surface area contributed by atoms with Crippen LogP contribution >= 0.6 is 11.8 Å². The summed E-state index contributed by atoms with van der Waals surface area (Å²) in [6, 6.07) is 0. The quantitative estimate of drug-likeness (QED) is 0.319. The Morgan fingerprint density at radius 3 is 2.28 bits per heavy atom. The Bertz CT molecular complexity index is 355. The first-order chi connectivity index (χ1) is 8.34. The van der Waals surface area contributed by atoms with E-state index in [9.17, 15) is 14.4 Å². The van der Waals surface area contributed by atoms with Crippen LogP contribution in [0.3, 0.4) is 0 Å². The van der Waals surface area contributed by atoms with Gasteiger partial charge < -0.3 is 15.9 Å². The lowest BCUT2D eigenvalue weighted by Gasteiger charge is -2.21. The summed E-state index contributed by atoms with van der Waals surface area (Å²) in [5.41, 5.74) is 3.50. The average Bonchev–Trinajstić information content (AvgIpc) is 2.30. The first-order valence-corrected chi connectivity index (χ1v) is 6.55. The number of hydrogen-bond donors (Lipinski definition) is 3. The van der Waals surface area contributed by atoms with E-state index in [2.05, 4.69) is 0 Å². The maximum Gasteiger partial charge on any atom is 0.331 e. The van der Waals surface area contributed by atoms with Crippen LogP contribution < -0.4 is 5.73 Å². The van der Waals surface area contributed by atoms with Crippen molar-refractivity contribution in [2.45, 2.75) is 25.3 Å².